The van der Waals surface area contributed by atoms with Gasteiger partial charge in [0.1, 0.15) is 11.8 Å². The molecular formula is C15H17N3O3. The fraction of sp³-hybridized carbons (Fsp3) is 0.400. The van der Waals surface area contributed by atoms with Crippen LogP contribution in [0.3, 0.4) is 0 Å². The quantitative estimate of drug-likeness (QED) is 0.853. The van der Waals surface area contributed by atoms with E-state index in [4.69, 9.17) is 10.00 Å². The highest BCUT2D eigenvalue weighted by molar-refractivity contribution is 5.82. The topological polar surface area (TPSA) is 91.2 Å². The summed E-state index contributed by atoms with van der Waals surface area (Å²) in [5.74, 6) is 0.135. The normalized spacial score (nSPS) is 19.0. The Balaban J connectivity index is 1.91. The van der Waals surface area contributed by atoms with Gasteiger partial charge in [0.2, 0.25) is 5.91 Å². The summed E-state index contributed by atoms with van der Waals surface area (Å²) in [6.45, 7) is 2.07. The number of carbonyl (C=O) groups excluding carboxylic acids is 2. The van der Waals surface area contributed by atoms with E-state index < -0.39 is 6.10 Å². The van der Waals surface area contributed by atoms with Crippen molar-refractivity contribution in [2.45, 2.75) is 31.9 Å². The minimum Gasteiger partial charge on any atom is -0.480 e. The molecule has 0 radical (unpaired) electrons. The molecule has 2 rings (SSSR count). The molecule has 1 aromatic carbocycles. The predicted octanol–water partition coefficient (Wildman–Crippen LogP) is 0.720. The Kier molecular flexibility index (Phi) is 4.77. The zero-order chi connectivity index (χ0) is 15.2. The molecule has 1 aliphatic rings. The second-order valence-corrected chi connectivity index (χ2v) is 4.92. The van der Waals surface area contributed by atoms with Crippen LogP contribution in [0, 0.1) is 11.3 Å². The third-order valence-electron chi connectivity index (χ3n) is 3.29. The predicted molar refractivity (Wildman–Crippen MR) is 75.4 cm³/mol. The second kappa shape index (κ2) is 6.75. The van der Waals surface area contributed by atoms with Gasteiger partial charge in [-0.25, -0.2) is 0 Å². The first kappa shape index (κ1) is 14.9. The standard InChI is InChI=1S/C15H17N3O3/c1-10(21-13-5-3-2-4-11(13)8-16)15(20)18-12-6-7-14(19)17-9-12/h2-5,10,12H,6-7,9H2,1H3,(H,17,19)(H,18,20). The van der Waals surface area contributed by atoms with Crippen LogP contribution in [-0.4, -0.2) is 30.5 Å². The molecule has 6 heteroatoms. The van der Waals surface area contributed by atoms with Gasteiger partial charge in [0.05, 0.1) is 5.56 Å². The van der Waals surface area contributed by atoms with Gasteiger partial charge in [-0.3, -0.25) is 9.59 Å². The molecule has 2 unspecified atom stereocenters. The monoisotopic (exact) mass is 287 g/mol. The molecule has 110 valence electrons. The van der Waals surface area contributed by atoms with Crippen LogP contribution in [0.2, 0.25) is 0 Å². The SMILES string of the molecule is CC(Oc1ccccc1C#N)C(=O)NC1CCC(=O)NC1. The van der Waals surface area contributed by atoms with Gasteiger partial charge in [-0.15, -0.1) is 0 Å². The van der Waals surface area contributed by atoms with E-state index in [1.807, 2.05) is 6.07 Å². The first-order valence-corrected chi connectivity index (χ1v) is 6.83. The van der Waals surface area contributed by atoms with Gasteiger partial charge in [-0.05, 0) is 25.5 Å². The second-order valence-electron chi connectivity index (χ2n) is 4.92. The highest BCUT2D eigenvalue weighted by Gasteiger charge is 2.23. The molecule has 1 aromatic rings. The molecule has 0 saturated carbocycles. The third-order valence-corrected chi connectivity index (χ3v) is 3.29. The fourth-order valence-corrected chi connectivity index (χ4v) is 2.08. The number of nitrogens with zero attached hydrogens (tertiary/aromatic N) is 1. The fourth-order valence-electron chi connectivity index (χ4n) is 2.08. The number of carbonyl (C=O) groups is 2. The third kappa shape index (κ3) is 3.96. The zero-order valence-corrected chi connectivity index (χ0v) is 11.8. The molecule has 21 heavy (non-hydrogen) atoms. The molecule has 1 aliphatic heterocycles. The van der Waals surface area contributed by atoms with Crippen LogP contribution in [0.1, 0.15) is 25.3 Å². The van der Waals surface area contributed by atoms with E-state index in [1.54, 1.807) is 31.2 Å². The van der Waals surface area contributed by atoms with Gasteiger partial charge in [0.15, 0.2) is 6.10 Å². The average molecular weight is 287 g/mol. The van der Waals surface area contributed by atoms with E-state index >= 15 is 0 Å². The maximum atomic E-state index is 12.1. The minimum absolute atomic E-state index is 0.00717. The number of rotatable bonds is 4. The Bertz CT molecular complexity index is 570. The molecule has 0 bridgehead atoms. The lowest BCUT2D eigenvalue weighted by Crippen LogP contribution is -2.50. The van der Waals surface area contributed by atoms with E-state index in [2.05, 4.69) is 10.6 Å². The van der Waals surface area contributed by atoms with E-state index in [0.29, 0.717) is 30.7 Å². The van der Waals surface area contributed by atoms with Crippen molar-refractivity contribution in [3.63, 3.8) is 0 Å². The van der Waals surface area contributed by atoms with Crippen molar-refractivity contribution in [2.75, 3.05) is 6.54 Å². The van der Waals surface area contributed by atoms with Crippen LogP contribution in [-0.2, 0) is 9.59 Å². The van der Waals surface area contributed by atoms with Crippen molar-refractivity contribution < 1.29 is 14.3 Å². The Morgan fingerprint density at radius 2 is 2.29 bits per heavy atom. The van der Waals surface area contributed by atoms with Crippen LogP contribution < -0.4 is 15.4 Å². The van der Waals surface area contributed by atoms with Gasteiger partial charge in [-0.1, -0.05) is 12.1 Å². The molecule has 2 atom stereocenters. The first-order chi connectivity index (χ1) is 10.1. The van der Waals surface area contributed by atoms with E-state index in [0.717, 1.165) is 0 Å². The molecular weight excluding hydrogens is 270 g/mol. The molecule has 1 heterocycles. The smallest absolute Gasteiger partial charge is 0.261 e. The van der Waals surface area contributed by atoms with Crippen LogP contribution >= 0.6 is 0 Å². The van der Waals surface area contributed by atoms with E-state index in [9.17, 15) is 9.59 Å². The molecule has 6 nitrogen and oxygen atoms in total. The van der Waals surface area contributed by atoms with Gasteiger partial charge >= 0.3 is 0 Å². The highest BCUT2D eigenvalue weighted by atomic mass is 16.5. The molecule has 0 aromatic heterocycles. The van der Waals surface area contributed by atoms with E-state index in [1.165, 1.54) is 0 Å². The lowest BCUT2D eigenvalue weighted by atomic mass is 10.1. The largest absolute Gasteiger partial charge is 0.480 e. The molecule has 2 N–H and O–H groups in total. The number of hydrogen-bond acceptors (Lipinski definition) is 4. The summed E-state index contributed by atoms with van der Waals surface area (Å²) in [6.07, 6.45) is 0.327. The lowest BCUT2D eigenvalue weighted by molar-refractivity contribution is -0.129. The highest BCUT2D eigenvalue weighted by Crippen LogP contribution is 2.18. The summed E-state index contributed by atoms with van der Waals surface area (Å²) in [5.41, 5.74) is 0.391. The summed E-state index contributed by atoms with van der Waals surface area (Å²) < 4.78 is 5.54. The van der Waals surface area contributed by atoms with Gasteiger partial charge < -0.3 is 15.4 Å². The zero-order valence-electron chi connectivity index (χ0n) is 11.8. The first-order valence-electron chi connectivity index (χ1n) is 6.83. The maximum absolute atomic E-state index is 12.1. The van der Waals surface area contributed by atoms with Crippen molar-refractivity contribution in [3.05, 3.63) is 29.8 Å². The number of benzene rings is 1. The van der Waals surface area contributed by atoms with Crippen molar-refractivity contribution in [3.8, 4) is 11.8 Å². The number of hydrogen-bond donors (Lipinski definition) is 2. The van der Waals surface area contributed by atoms with Crippen LogP contribution in [0.15, 0.2) is 24.3 Å². The molecule has 2 amide bonds. The van der Waals surface area contributed by atoms with Crippen molar-refractivity contribution in [2.24, 2.45) is 0 Å². The molecule has 1 saturated heterocycles. The number of para-hydroxylation sites is 1. The summed E-state index contributed by atoms with van der Waals surface area (Å²) in [6, 6.07) is 8.72. The Labute approximate surface area is 123 Å². The summed E-state index contributed by atoms with van der Waals surface area (Å²) in [7, 11) is 0. The molecule has 0 aliphatic carbocycles. The summed E-state index contributed by atoms with van der Waals surface area (Å²) in [5, 5.41) is 14.5. The Hall–Kier alpha value is -2.55. The number of ether oxygens (including phenoxy) is 1. The minimum atomic E-state index is -0.711. The van der Waals surface area contributed by atoms with Crippen molar-refractivity contribution in [1.82, 2.24) is 10.6 Å². The number of nitriles is 1. The Morgan fingerprint density at radius 3 is 2.95 bits per heavy atom. The van der Waals surface area contributed by atoms with Gasteiger partial charge in [0, 0.05) is 19.0 Å². The Morgan fingerprint density at radius 1 is 1.52 bits per heavy atom. The van der Waals surface area contributed by atoms with E-state index in [-0.39, 0.29) is 17.9 Å². The summed E-state index contributed by atoms with van der Waals surface area (Å²) in [4.78, 5) is 23.1. The maximum Gasteiger partial charge on any atom is 0.261 e. The van der Waals surface area contributed by atoms with Crippen LogP contribution in [0.5, 0.6) is 5.75 Å². The molecule has 0 spiro atoms. The average Bonchev–Trinajstić information content (AvgIpc) is 2.50. The van der Waals surface area contributed by atoms with Gasteiger partial charge in [-0.2, -0.15) is 5.26 Å². The lowest BCUT2D eigenvalue weighted by Gasteiger charge is -2.25. The molecule has 1 fully saturated rings. The number of nitrogens with one attached hydrogen (secondary N) is 2. The summed E-state index contributed by atoms with van der Waals surface area (Å²) >= 11 is 0. The van der Waals surface area contributed by atoms with Crippen molar-refractivity contribution in [1.29, 1.82) is 5.26 Å². The van der Waals surface area contributed by atoms with Crippen LogP contribution in [0.4, 0.5) is 0 Å². The van der Waals surface area contributed by atoms with Gasteiger partial charge in [0.25, 0.3) is 5.91 Å². The van der Waals surface area contributed by atoms with Crippen LogP contribution in [0.25, 0.3) is 0 Å². The van der Waals surface area contributed by atoms with Crippen molar-refractivity contribution >= 4 is 11.8 Å². The number of piperidine rings is 1. The number of amides is 2.